The zero-order chi connectivity index (χ0) is 15.3. The Bertz CT molecular complexity index is 678. The van der Waals surface area contributed by atoms with Crippen LogP contribution in [0.2, 0.25) is 0 Å². The van der Waals surface area contributed by atoms with E-state index in [0.29, 0.717) is 0 Å². The molecule has 1 nitrogen and oxygen atoms in total. The maximum Gasteiger partial charge on any atom is 0.193 e. The van der Waals surface area contributed by atoms with Gasteiger partial charge < -0.3 is 0 Å². The molecule has 2 aromatic rings. The molecule has 0 N–H and O–H groups in total. The number of hydrogen-bond acceptors (Lipinski definition) is 2. The maximum atomic E-state index is 12.6. The molecule has 0 unspecified atom stereocenters. The molecule has 0 spiro atoms. The molecule has 0 fully saturated rings. The third kappa shape index (κ3) is 2.46. The third-order valence-electron chi connectivity index (χ3n) is 4.90. The van der Waals surface area contributed by atoms with Crippen LogP contribution in [0.4, 0.5) is 0 Å². The Kier molecular flexibility index (Phi) is 3.32. The molecule has 2 heteroatoms. The normalized spacial score (nSPS) is 19.0. The van der Waals surface area contributed by atoms with Gasteiger partial charge >= 0.3 is 0 Å². The molecule has 0 amide bonds. The van der Waals surface area contributed by atoms with Crippen molar-refractivity contribution in [3.63, 3.8) is 0 Å². The van der Waals surface area contributed by atoms with Crippen molar-refractivity contribution in [1.29, 1.82) is 0 Å². The third-order valence-corrected chi connectivity index (χ3v) is 5.58. The first kappa shape index (κ1) is 14.5. The second-order valence-corrected chi connectivity index (χ2v) is 8.15. The summed E-state index contributed by atoms with van der Waals surface area (Å²) in [4.78, 5) is 12.6. The smallest absolute Gasteiger partial charge is 0.193 e. The summed E-state index contributed by atoms with van der Waals surface area (Å²) in [6.45, 7) is 9.20. The molecule has 0 radical (unpaired) electrons. The summed E-state index contributed by atoms with van der Waals surface area (Å²) < 4.78 is 0. The molecule has 1 heterocycles. The van der Waals surface area contributed by atoms with Gasteiger partial charge in [0.25, 0.3) is 0 Å². The van der Waals surface area contributed by atoms with Crippen LogP contribution in [0.3, 0.4) is 0 Å². The van der Waals surface area contributed by atoms with Crippen LogP contribution in [0.25, 0.3) is 0 Å². The summed E-state index contributed by atoms with van der Waals surface area (Å²) in [5.74, 6) is 0.137. The van der Waals surface area contributed by atoms with Gasteiger partial charge in [0.2, 0.25) is 0 Å². The summed E-state index contributed by atoms with van der Waals surface area (Å²) in [6, 6.07) is 8.22. The summed E-state index contributed by atoms with van der Waals surface area (Å²) >= 11 is 1.57. The lowest BCUT2D eigenvalue weighted by Crippen LogP contribution is -2.34. The van der Waals surface area contributed by atoms with Crippen molar-refractivity contribution in [2.24, 2.45) is 0 Å². The number of benzene rings is 1. The molecule has 0 bridgehead atoms. The Morgan fingerprint density at radius 2 is 1.62 bits per heavy atom. The average Bonchev–Trinajstić information content (AvgIpc) is 2.97. The molecule has 0 saturated heterocycles. The van der Waals surface area contributed by atoms with Crippen molar-refractivity contribution in [2.45, 2.75) is 51.4 Å². The molecule has 1 aliphatic rings. The van der Waals surface area contributed by atoms with Crippen molar-refractivity contribution in [2.75, 3.05) is 0 Å². The highest BCUT2D eigenvalue weighted by Gasteiger charge is 2.37. The fourth-order valence-electron chi connectivity index (χ4n) is 3.29. The van der Waals surface area contributed by atoms with Crippen molar-refractivity contribution in [1.82, 2.24) is 0 Å². The van der Waals surface area contributed by atoms with Crippen molar-refractivity contribution in [3.8, 4) is 0 Å². The second-order valence-electron chi connectivity index (χ2n) is 7.37. The van der Waals surface area contributed by atoms with E-state index in [0.717, 1.165) is 11.1 Å². The van der Waals surface area contributed by atoms with Crippen LogP contribution in [0.1, 0.15) is 67.6 Å². The number of carbonyl (C=O) groups excluding carboxylic acids is 1. The van der Waals surface area contributed by atoms with Crippen LogP contribution in [0.15, 0.2) is 35.0 Å². The van der Waals surface area contributed by atoms with E-state index in [1.807, 2.05) is 22.9 Å². The molecule has 1 aromatic carbocycles. The van der Waals surface area contributed by atoms with Crippen LogP contribution < -0.4 is 0 Å². The van der Waals surface area contributed by atoms with Crippen molar-refractivity contribution in [3.05, 3.63) is 57.3 Å². The van der Waals surface area contributed by atoms with E-state index in [4.69, 9.17) is 0 Å². The highest BCUT2D eigenvalue weighted by Crippen LogP contribution is 2.46. The van der Waals surface area contributed by atoms with Gasteiger partial charge in [-0.2, -0.15) is 11.3 Å². The highest BCUT2D eigenvalue weighted by atomic mass is 32.1. The summed E-state index contributed by atoms with van der Waals surface area (Å²) in [6.07, 6.45) is 2.37. The van der Waals surface area contributed by atoms with E-state index in [-0.39, 0.29) is 16.6 Å². The van der Waals surface area contributed by atoms with E-state index >= 15 is 0 Å². The van der Waals surface area contributed by atoms with Gasteiger partial charge in [0.1, 0.15) is 0 Å². The van der Waals surface area contributed by atoms with E-state index in [2.05, 4.69) is 39.8 Å². The average molecular weight is 298 g/mol. The van der Waals surface area contributed by atoms with Gasteiger partial charge in [0.05, 0.1) is 0 Å². The Hall–Kier alpha value is -1.41. The van der Waals surface area contributed by atoms with Gasteiger partial charge in [-0.25, -0.2) is 0 Å². The number of fused-ring (bicyclic) bond motifs is 1. The predicted octanol–water partition coefficient (Wildman–Crippen LogP) is 5.33. The van der Waals surface area contributed by atoms with Gasteiger partial charge in [-0.15, -0.1) is 0 Å². The Morgan fingerprint density at radius 3 is 2.24 bits per heavy atom. The number of carbonyl (C=O) groups is 1. The molecule has 21 heavy (non-hydrogen) atoms. The zero-order valence-corrected chi connectivity index (χ0v) is 14.0. The van der Waals surface area contributed by atoms with Gasteiger partial charge in [-0.3, -0.25) is 4.79 Å². The van der Waals surface area contributed by atoms with Gasteiger partial charge in [-0.05, 0) is 52.3 Å². The topological polar surface area (TPSA) is 17.1 Å². The standard InChI is InChI=1S/C19H22OS/c1-18(2)8-9-19(3,4)16-11-13(5-6-15(16)18)17(20)14-7-10-21-12-14/h5-7,10-12H,8-9H2,1-4H3. The number of ketones is 1. The van der Waals surface area contributed by atoms with E-state index in [1.54, 1.807) is 11.3 Å². The highest BCUT2D eigenvalue weighted by molar-refractivity contribution is 7.08. The van der Waals surface area contributed by atoms with Crippen molar-refractivity contribution >= 4 is 17.1 Å². The minimum absolute atomic E-state index is 0.137. The number of thiophene rings is 1. The van der Waals surface area contributed by atoms with Gasteiger partial charge in [0, 0.05) is 16.5 Å². The lowest BCUT2D eigenvalue weighted by molar-refractivity contribution is 0.103. The lowest BCUT2D eigenvalue weighted by Gasteiger charge is -2.42. The first-order chi connectivity index (χ1) is 9.81. The SMILES string of the molecule is CC1(C)CCC(C)(C)c2cc(C(=O)c3ccsc3)ccc21. The molecular weight excluding hydrogens is 276 g/mol. The lowest BCUT2D eigenvalue weighted by atomic mass is 9.63. The molecule has 0 aliphatic heterocycles. The molecule has 1 aromatic heterocycles. The van der Waals surface area contributed by atoms with E-state index in [9.17, 15) is 4.79 Å². The molecule has 1 aliphatic carbocycles. The van der Waals surface area contributed by atoms with Crippen LogP contribution in [0, 0.1) is 0 Å². The van der Waals surface area contributed by atoms with E-state index < -0.39 is 0 Å². The summed E-state index contributed by atoms with van der Waals surface area (Å²) in [5.41, 5.74) is 4.72. The van der Waals surface area contributed by atoms with Crippen LogP contribution in [-0.2, 0) is 10.8 Å². The quantitative estimate of drug-likeness (QED) is 0.685. The predicted molar refractivity (Wildman–Crippen MR) is 89.5 cm³/mol. The zero-order valence-electron chi connectivity index (χ0n) is 13.2. The first-order valence-electron chi connectivity index (χ1n) is 7.53. The Balaban J connectivity index is 2.10. The Morgan fingerprint density at radius 1 is 0.952 bits per heavy atom. The molecule has 110 valence electrons. The second kappa shape index (κ2) is 4.81. The number of hydrogen-bond donors (Lipinski definition) is 0. The minimum atomic E-state index is 0.137. The van der Waals surface area contributed by atoms with Crippen LogP contribution in [-0.4, -0.2) is 5.78 Å². The maximum absolute atomic E-state index is 12.6. The van der Waals surface area contributed by atoms with Gasteiger partial charge in [-0.1, -0.05) is 39.8 Å². The van der Waals surface area contributed by atoms with Crippen LogP contribution in [0.5, 0.6) is 0 Å². The molecule has 3 rings (SSSR count). The molecular formula is C19H22OS. The summed E-state index contributed by atoms with van der Waals surface area (Å²) in [5, 5.41) is 3.88. The summed E-state index contributed by atoms with van der Waals surface area (Å²) in [7, 11) is 0. The van der Waals surface area contributed by atoms with Crippen molar-refractivity contribution < 1.29 is 4.79 Å². The molecule has 0 saturated carbocycles. The molecule has 0 atom stereocenters. The minimum Gasteiger partial charge on any atom is -0.289 e. The number of rotatable bonds is 2. The fourth-order valence-corrected chi connectivity index (χ4v) is 3.93. The monoisotopic (exact) mass is 298 g/mol. The first-order valence-corrected chi connectivity index (χ1v) is 8.47. The Labute approximate surface area is 131 Å². The fraction of sp³-hybridized carbons (Fsp3) is 0.421. The van der Waals surface area contributed by atoms with E-state index in [1.165, 1.54) is 24.0 Å². The van der Waals surface area contributed by atoms with Gasteiger partial charge in [0.15, 0.2) is 5.78 Å². The van der Waals surface area contributed by atoms with Crippen LogP contribution >= 0.6 is 11.3 Å². The largest absolute Gasteiger partial charge is 0.289 e.